The van der Waals surface area contributed by atoms with Crippen molar-refractivity contribution in [1.29, 1.82) is 0 Å². The van der Waals surface area contributed by atoms with E-state index in [4.69, 9.17) is 0 Å². The summed E-state index contributed by atoms with van der Waals surface area (Å²) in [6, 6.07) is 16.5. The van der Waals surface area contributed by atoms with Crippen molar-refractivity contribution in [2.24, 2.45) is 7.05 Å². The van der Waals surface area contributed by atoms with E-state index in [1.807, 2.05) is 31.3 Å². The molecule has 130 valence electrons. The van der Waals surface area contributed by atoms with Gasteiger partial charge in [0.25, 0.3) is 0 Å². The first-order valence-corrected chi connectivity index (χ1v) is 9.71. The highest BCUT2D eigenvalue weighted by atomic mass is 32.2. The van der Waals surface area contributed by atoms with Crippen LogP contribution in [0.4, 0.5) is 5.69 Å². The number of aromatic nitrogens is 1. The molecule has 0 atom stereocenters. The van der Waals surface area contributed by atoms with Crippen molar-refractivity contribution in [3.8, 4) is 0 Å². The van der Waals surface area contributed by atoms with E-state index in [1.54, 1.807) is 11.8 Å². The highest BCUT2D eigenvalue weighted by molar-refractivity contribution is 8.00. The van der Waals surface area contributed by atoms with Crippen molar-refractivity contribution in [1.82, 2.24) is 4.57 Å². The van der Waals surface area contributed by atoms with Crippen LogP contribution >= 0.6 is 11.8 Å². The highest BCUT2D eigenvalue weighted by Crippen LogP contribution is 2.29. The summed E-state index contributed by atoms with van der Waals surface area (Å²) in [6.45, 7) is 2.20. The van der Waals surface area contributed by atoms with E-state index in [9.17, 15) is 4.79 Å². The summed E-state index contributed by atoms with van der Waals surface area (Å²) in [5.74, 6) is 0.435. The first-order chi connectivity index (χ1) is 12.2. The normalized spacial score (nSPS) is 11.0. The lowest BCUT2D eigenvalue weighted by atomic mass is 10.1. The minimum absolute atomic E-state index is 0.0271. The van der Waals surface area contributed by atoms with Gasteiger partial charge in [0.2, 0.25) is 5.91 Å². The number of aryl methyl sites for hydroxylation is 2. The van der Waals surface area contributed by atoms with Gasteiger partial charge in [-0.3, -0.25) is 4.79 Å². The number of nitrogens with one attached hydrogen (secondary N) is 1. The number of hydrogen-bond acceptors (Lipinski definition) is 2. The SMILES string of the molecule is CCCCc1ccc(NC(=O)CSc2cn(C)c3ccccc23)cc1. The van der Waals surface area contributed by atoms with Crippen molar-refractivity contribution in [3.63, 3.8) is 0 Å². The van der Waals surface area contributed by atoms with Crippen molar-refractivity contribution in [2.45, 2.75) is 31.1 Å². The van der Waals surface area contributed by atoms with Crippen molar-refractivity contribution in [2.75, 3.05) is 11.1 Å². The van der Waals surface area contributed by atoms with E-state index in [2.05, 4.69) is 47.3 Å². The fourth-order valence-electron chi connectivity index (χ4n) is 2.90. The molecule has 1 aromatic heterocycles. The monoisotopic (exact) mass is 352 g/mol. The maximum atomic E-state index is 12.2. The molecule has 0 aliphatic rings. The molecule has 1 amide bonds. The van der Waals surface area contributed by atoms with Gasteiger partial charge >= 0.3 is 0 Å². The average molecular weight is 353 g/mol. The molecule has 0 saturated carbocycles. The molecule has 0 saturated heterocycles. The molecule has 0 bridgehead atoms. The summed E-state index contributed by atoms with van der Waals surface area (Å²) in [4.78, 5) is 13.4. The number of nitrogens with zero attached hydrogens (tertiary/aromatic N) is 1. The van der Waals surface area contributed by atoms with E-state index in [1.165, 1.54) is 29.3 Å². The summed E-state index contributed by atoms with van der Waals surface area (Å²) >= 11 is 1.58. The predicted molar refractivity (Wildman–Crippen MR) is 107 cm³/mol. The van der Waals surface area contributed by atoms with Crippen LogP contribution < -0.4 is 5.32 Å². The molecule has 2 aromatic carbocycles. The number of hydrogen-bond donors (Lipinski definition) is 1. The number of amides is 1. The molecule has 3 aromatic rings. The van der Waals surface area contributed by atoms with Crippen LogP contribution in [0.5, 0.6) is 0 Å². The minimum Gasteiger partial charge on any atom is -0.349 e. The van der Waals surface area contributed by atoms with E-state index in [-0.39, 0.29) is 5.91 Å². The number of benzene rings is 2. The second-order valence-electron chi connectivity index (χ2n) is 6.26. The number of anilines is 1. The zero-order valence-corrected chi connectivity index (χ0v) is 15.6. The van der Waals surface area contributed by atoms with Gasteiger partial charge < -0.3 is 9.88 Å². The van der Waals surface area contributed by atoms with Gasteiger partial charge in [0.05, 0.1) is 5.75 Å². The van der Waals surface area contributed by atoms with Crippen LogP contribution in [0.1, 0.15) is 25.3 Å². The molecule has 4 heteroatoms. The zero-order chi connectivity index (χ0) is 17.6. The Hall–Kier alpha value is -2.20. The van der Waals surface area contributed by atoms with Gasteiger partial charge in [-0.15, -0.1) is 11.8 Å². The van der Waals surface area contributed by atoms with Crippen molar-refractivity contribution in [3.05, 3.63) is 60.3 Å². The average Bonchev–Trinajstić information content (AvgIpc) is 2.96. The Balaban J connectivity index is 1.57. The lowest BCUT2D eigenvalue weighted by Crippen LogP contribution is -2.13. The van der Waals surface area contributed by atoms with Gasteiger partial charge in [-0.1, -0.05) is 43.7 Å². The van der Waals surface area contributed by atoms with Gasteiger partial charge in [0.1, 0.15) is 0 Å². The van der Waals surface area contributed by atoms with E-state index < -0.39 is 0 Å². The Bertz CT molecular complexity index is 852. The summed E-state index contributed by atoms with van der Waals surface area (Å²) in [6.07, 6.45) is 5.59. The molecule has 3 rings (SSSR count). The highest BCUT2D eigenvalue weighted by Gasteiger charge is 2.09. The van der Waals surface area contributed by atoms with Gasteiger partial charge in [-0.25, -0.2) is 0 Å². The molecule has 0 spiro atoms. The number of fused-ring (bicyclic) bond motifs is 1. The van der Waals surface area contributed by atoms with Crippen molar-refractivity contribution >= 4 is 34.3 Å². The molecular weight excluding hydrogens is 328 g/mol. The Morgan fingerprint density at radius 1 is 1.12 bits per heavy atom. The van der Waals surface area contributed by atoms with E-state index in [0.717, 1.165) is 17.0 Å². The lowest BCUT2D eigenvalue weighted by molar-refractivity contribution is -0.113. The summed E-state index contributed by atoms with van der Waals surface area (Å²) in [5.41, 5.74) is 3.38. The van der Waals surface area contributed by atoms with Crippen LogP contribution in [-0.2, 0) is 18.3 Å². The maximum absolute atomic E-state index is 12.2. The van der Waals surface area contributed by atoms with Crippen LogP contribution in [0.15, 0.2) is 59.6 Å². The number of unbranched alkanes of at least 4 members (excludes halogenated alkanes) is 1. The largest absolute Gasteiger partial charge is 0.349 e. The maximum Gasteiger partial charge on any atom is 0.234 e. The van der Waals surface area contributed by atoms with Crippen LogP contribution in [0.25, 0.3) is 10.9 Å². The quantitative estimate of drug-likeness (QED) is 0.589. The molecule has 25 heavy (non-hydrogen) atoms. The summed E-state index contributed by atoms with van der Waals surface area (Å²) in [7, 11) is 2.03. The second kappa shape index (κ2) is 8.26. The smallest absolute Gasteiger partial charge is 0.234 e. The van der Waals surface area contributed by atoms with Crippen LogP contribution in [-0.4, -0.2) is 16.2 Å². The Labute approximate surface area is 153 Å². The molecule has 3 nitrogen and oxygen atoms in total. The molecule has 0 aliphatic heterocycles. The minimum atomic E-state index is 0.0271. The molecule has 0 unspecified atom stereocenters. The van der Waals surface area contributed by atoms with E-state index in [0.29, 0.717) is 5.75 Å². The fraction of sp³-hybridized carbons (Fsp3) is 0.286. The van der Waals surface area contributed by atoms with Gasteiger partial charge in [0.15, 0.2) is 0 Å². The third kappa shape index (κ3) is 4.45. The molecule has 0 aliphatic carbocycles. The van der Waals surface area contributed by atoms with Crippen LogP contribution in [0.2, 0.25) is 0 Å². The molecule has 1 heterocycles. The third-order valence-electron chi connectivity index (χ3n) is 4.28. The number of thioether (sulfide) groups is 1. The molecule has 1 N–H and O–H groups in total. The lowest BCUT2D eigenvalue weighted by Gasteiger charge is -2.06. The number of rotatable bonds is 7. The number of carbonyl (C=O) groups excluding carboxylic acids is 1. The standard InChI is InChI=1S/C21H24N2OS/c1-3-4-7-16-10-12-17(13-11-16)22-21(24)15-25-20-14-23(2)19-9-6-5-8-18(19)20/h5-6,8-14H,3-4,7,15H2,1-2H3,(H,22,24). The molecular formula is C21H24N2OS. The zero-order valence-electron chi connectivity index (χ0n) is 14.8. The first-order valence-electron chi connectivity index (χ1n) is 8.73. The fourth-order valence-corrected chi connectivity index (χ4v) is 3.82. The predicted octanol–water partition coefficient (Wildman–Crippen LogP) is 5.25. The van der Waals surface area contributed by atoms with Gasteiger partial charge in [-0.2, -0.15) is 0 Å². The number of para-hydroxylation sites is 1. The third-order valence-corrected chi connectivity index (χ3v) is 5.32. The van der Waals surface area contributed by atoms with Gasteiger partial charge in [-0.05, 0) is 36.6 Å². The first kappa shape index (κ1) is 17.6. The second-order valence-corrected chi connectivity index (χ2v) is 7.28. The molecule has 0 radical (unpaired) electrons. The van der Waals surface area contributed by atoms with Gasteiger partial charge in [0, 0.05) is 34.7 Å². The summed E-state index contributed by atoms with van der Waals surface area (Å²) < 4.78 is 2.10. The van der Waals surface area contributed by atoms with Crippen molar-refractivity contribution < 1.29 is 4.79 Å². The van der Waals surface area contributed by atoms with Crippen LogP contribution in [0.3, 0.4) is 0 Å². The van der Waals surface area contributed by atoms with E-state index >= 15 is 0 Å². The summed E-state index contributed by atoms with van der Waals surface area (Å²) in [5, 5.41) is 4.18. The van der Waals surface area contributed by atoms with Crippen LogP contribution in [0, 0.1) is 0 Å². The Morgan fingerprint density at radius 3 is 2.64 bits per heavy atom. The Morgan fingerprint density at radius 2 is 1.88 bits per heavy atom. The molecule has 0 fully saturated rings. The Kier molecular flexibility index (Phi) is 5.82. The number of carbonyl (C=O) groups is 1. The topological polar surface area (TPSA) is 34.0 Å².